The van der Waals surface area contributed by atoms with Crippen molar-refractivity contribution in [2.75, 3.05) is 31.5 Å². The van der Waals surface area contributed by atoms with E-state index in [-0.39, 0.29) is 18.5 Å². The van der Waals surface area contributed by atoms with Gasteiger partial charge in [0, 0.05) is 37.7 Å². The number of hydrogen-bond acceptors (Lipinski definition) is 5. The molecule has 0 saturated carbocycles. The monoisotopic (exact) mass is 348 g/mol. The minimum absolute atomic E-state index is 0.0358. The van der Waals surface area contributed by atoms with E-state index in [1.807, 2.05) is 32.9 Å². The Hall–Kier alpha value is -2.31. The molecule has 1 aromatic heterocycles. The average molecular weight is 348 g/mol. The van der Waals surface area contributed by atoms with Gasteiger partial charge in [-0.1, -0.05) is 0 Å². The van der Waals surface area contributed by atoms with Gasteiger partial charge in [0.2, 0.25) is 5.91 Å². The van der Waals surface area contributed by atoms with Crippen molar-refractivity contribution in [3.8, 4) is 0 Å². The summed E-state index contributed by atoms with van der Waals surface area (Å²) in [5.41, 5.74) is 0.403. The van der Waals surface area contributed by atoms with Gasteiger partial charge in [-0.15, -0.1) is 0 Å². The summed E-state index contributed by atoms with van der Waals surface area (Å²) >= 11 is 0. The first-order valence-corrected chi connectivity index (χ1v) is 8.72. The van der Waals surface area contributed by atoms with Crippen LogP contribution in [0.1, 0.15) is 33.6 Å². The van der Waals surface area contributed by atoms with Crippen LogP contribution in [0.15, 0.2) is 24.5 Å². The van der Waals surface area contributed by atoms with Gasteiger partial charge in [0.15, 0.2) is 0 Å². The Kier molecular flexibility index (Phi) is 6.61. The first-order valence-electron chi connectivity index (χ1n) is 8.72. The summed E-state index contributed by atoms with van der Waals surface area (Å²) in [5.74, 6) is 0.356. The topological polar surface area (TPSA) is 83.6 Å². The molecular weight excluding hydrogens is 320 g/mol. The molecule has 0 aliphatic carbocycles. The summed E-state index contributed by atoms with van der Waals surface area (Å²) < 4.78 is 5.39. The highest BCUT2D eigenvalue weighted by atomic mass is 16.6. The SMILES string of the molecule is CC(C)(C)OC(=O)N1CCC(CNC(=O)CNc2ccncc2)CC1. The number of nitrogens with zero attached hydrogens (tertiary/aromatic N) is 2. The first kappa shape index (κ1) is 19.0. The number of pyridine rings is 1. The van der Waals surface area contributed by atoms with E-state index in [0.29, 0.717) is 25.6 Å². The Labute approximate surface area is 149 Å². The molecule has 1 saturated heterocycles. The fourth-order valence-electron chi connectivity index (χ4n) is 2.62. The van der Waals surface area contributed by atoms with Crippen LogP contribution in [0.4, 0.5) is 10.5 Å². The van der Waals surface area contributed by atoms with Gasteiger partial charge in [-0.05, 0) is 51.7 Å². The molecule has 7 heteroatoms. The predicted octanol–water partition coefficient (Wildman–Crippen LogP) is 2.26. The second-order valence-corrected chi connectivity index (χ2v) is 7.30. The minimum atomic E-state index is -0.469. The standard InChI is InChI=1S/C18H28N4O3/c1-18(2,3)25-17(24)22-10-6-14(7-11-22)12-21-16(23)13-20-15-4-8-19-9-5-15/h4-5,8-9,14H,6-7,10-13H2,1-3H3,(H,19,20)(H,21,23). The highest BCUT2D eigenvalue weighted by Crippen LogP contribution is 2.19. The maximum atomic E-state index is 12.0. The number of ether oxygens (including phenoxy) is 1. The molecule has 0 aromatic carbocycles. The van der Waals surface area contributed by atoms with E-state index in [4.69, 9.17) is 4.74 Å². The predicted molar refractivity (Wildman–Crippen MR) is 96.3 cm³/mol. The van der Waals surface area contributed by atoms with Gasteiger partial charge in [0.1, 0.15) is 5.60 Å². The van der Waals surface area contributed by atoms with Crippen LogP contribution >= 0.6 is 0 Å². The van der Waals surface area contributed by atoms with Crippen molar-refractivity contribution in [2.24, 2.45) is 5.92 Å². The molecule has 1 aromatic rings. The third-order valence-electron chi connectivity index (χ3n) is 3.99. The minimum Gasteiger partial charge on any atom is -0.444 e. The molecule has 1 fully saturated rings. The molecule has 0 radical (unpaired) electrons. The normalized spacial score (nSPS) is 15.6. The van der Waals surface area contributed by atoms with E-state index in [1.165, 1.54) is 0 Å². The molecule has 138 valence electrons. The zero-order chi connectivity index (χ0) is 18.3. The average Bonchev–Trinajstić information content (AvgIpc) is 2.58. The van der Waals surface area contributed by atoms with E-state index < -0.39 is 5.60 Å². The lowest BCUT2D eigenvalue weighted by atomic mass is 9.97. The lowest BCUT2D eigenvalue weighted by Crippen LogP contribution is -2.44. The second kappa shape index (κ2) is 8.69. The number of carbonyl (C=O) groups excluding carboxylic acids is 2. The molecule has 0 bridgehead atoms. The Morgan fingerprint density at radius 1 is 1.24 bits per heavy atom. The summed E-state index contributed by atoms with van der Waals surface area (Å²) in [6, 6.07) is 3.64. The Morgan fingerprint density at radius 3 is 2.48 bits per heavy atom. The van der Waals surface area contributed by atoms with Crippen LogP contribution in [0.2, 0.25) is 0 Å². The Morgan fingerprint density at radius 2 is 1.88 bits per heavy atom. The van der Waals surface area contributed by atoms with E-state index in [0.717, 1.165) is 18.5 Å². The van der Waals surface area contributed by atoms with Gasteiger partial charge >= 0.3 is 6.09 Å². The van der Waals surface area contributed by atoms with Crippen LogP contribution < -0.4 is 10.6 Å². The molecule has 25 heavy (non-hydrogen) atoms. The fourth-order valence-corrected chi connectivity index (χ4v) is 2.62. The summed E-state index contributed by atoms with van der Waals surface area (Å²) in [5, 5.41) is 6.01. The number of likely N-dealkylation sites (tertiary alicyclic amines) is 1. The van der Waals surface area contributed by atoms with Gasteiger partial charge in [0.25, 0.3) is 0 Å². The van der Waals surface area contributed by atoms with Crippen LogP contribution in [0.3, 0.4) is 0 Å². The number of amides is 2. The van der Waals surface area contributed by atoms with Crippen molar-refractivity contribution in [1.29, 1.82) is 0 Å². The van der Waals surface area contributed by atoms with Crippen LogP contribution in [0.5, 0.6) is 0 Å². The highest BCUT2D eigenvalue weighted by molar-refractivity contribution is 5.80. The van der Waals surface area contributed by atoms with Gasteiger partial charge in [-0.25, -0.2) is 4.79 Å². The smallest absolute Gasteiger partial charge is 0.410 e. The molecule has 2 heterocycles. The zero-order valence-electron chi connectivity index (χ0n) is 15.2. The van der Waals surface area contributed by atoms with Crippen LogP contribution in [-0.2, 0) is 9.53 Å². The molecule has 2 amide bonds. The maximum absolute atomic E-state index is 12.0. The number of aromatic nitrogens is 1. The molecule has 0 spiro atoms. The van der Waals surface area contributed by atoms with Crippen molar-refractivity contribution in [3.63, 3.8) is 0 Å². The molecule has 0 atom stereocenters. The number of hydrogen-bond donors (Lipinski definition) is 2. The number of rotatable bonds is 5. The van der Waals surface area contributed by atoms with Crippen LogP contribution in [-0.4, -0.2) is 53.7 Å². The maximum Gasteiger partial charge on any atom is 0.410 e. The third-order valence-corrected chi connectivity index (χ3v) is 3.99. The lowest BCUT2D eigenvalue weighted by Gasteiger charge is -2.33. The molecule has 2 rings (SSSR count). The van der Waals surface area contributed by atoms with Crippen LogP contribution in [0, 0.1) is 5.92 Å². The Balaban J connectivity index is 1.63. The lowest BCUT2D eigenvalue weighted by molar-refractivity contribution is -0.119. The van der Waals surface area contributed by atoms with Crippen molar-refractivity contribution in [2.45, 2.75) is 39.2 Å². The fraction of sp³-hybridized carbons (Fsp3) is 0.611. The molecule has 7 nitrogen and oxygen atoms in total. The Bertz CT molecular complexity index is 563. The van der Waals surface area contributed by atoms with E-state index in [1.54, 1.807) is 17.3 Å². The quantitative estimate of drug-likeness (QED) is 0.853. The van der Waals surface area contributed by atoms with Crippen molar-refractivity contribution in [1.82, 2.24) is 15.2 Å². The van der Waals surface area contributed by atoms with Gasteiger partial charge in [-0.3, -0.25) is 9.78 Å². The number of anilines is 1. The second-order valence-electron chi connectivity index (χ2n) is 7.30. The molecule has 1 aliphatic rings. The number of nitrogens with one attached hydrogen (secondary N) is 2. The van der Waals surface area contributed by atoms with Gasteiger partial charge in [-0.2, -0.15) is 0 Å². The molecule has 0 unspecified atom stereocenters. The van der Waals surface area contributed by atoms with Crippen molar-refractivity contribution < 1.29 is 14.3 Å². The van der Waals surface area contributed by atoms with E-state index in [9.17, 15) is 9.59 Å². The third kappa shape index (κ3) is 6.99. The zero-order valence-corrected chi connectivity index (χ0v) is 15.2. The van der Waals surface area contributed by atoms with Crippen molar-refractivity contribution in [3.05, 3.63) is 24.5 Å². The highest BCUT2D eigenvalue weighted by Gasteiger charge is 2.26. The molecule has 1 aliphatic heterocycles. The van der Waals surface area contributed by atoms with Gasteiger partial charge < -0.3 is 20.3 Å². The summed E-state index contributed by atoms with van der Waals surface area (Å²) in [4.78, 5) is 29.6. The first-order chi connectivity index (χ1) is 11.8. The van der Waals surface area contributed by atoms with E-state index >= 15 is 0 Å². The van der Waals surface area contributed by atoms with Gasteiger partial charge in [0.05, 0.1) is 6.54 Å². The summed E-state index contributed by atoms with van der Waals surface area (Å²) in [7, 11) is 0. The van der Waals surface area contributed by atoms with Crippen LogP contribution in [0.25, 0.3) is 0 Å². The largest absolute Gasteiger partial charge is 0.444 e. The number of piperidine rings is 1. The van der Waals surface area contributed by atoms with E-state index in [2.05, 4.69) is 15.6 Å². The summed E-state index contributed by atoms with van der Waals surface area (Å²) in [6.45, 7) is 7.82. The number of carbonyl (C=O) groups is 2. The summed E-state index contributed by atoms with van der Waals surface area (Å²) in [6.07, 6.45) is 4.85. The molecule has 2 N–H and O–H groups in total. The van der Waals surface area contributed by atoms with Crippen molar-refractivity contribution >= 4 is 17.7 Å². The molecular formula is C18H28N4O3.